The zero-order valence-electron chi connectivity index (χ0n) is 13.0. The van der Waals surface area contributed by atoms with E-state index in [0.717, 1.165) is 24.1 Å². The second kappa shape index (κ2) is 5.87. The smallest absolute Gasteiger partial charge is 0.365 e. The van der Waals surface area contributed by atoms with Crippen molar-refractivity contribution in [1.29, 1.82) is 0 Å². The summed E-state index contributed by atoms with van der Waals surface area (Å²) in [7, 11) is 1.91. The van der Waals surface area contributed by atoms with E-state index in [9.17, 15) is 13.2 Å². The molecule has 0 spiro atoms. The van der Waals surface area contributed by atoms with Gasteiger partial charge in [-0.1, -0.05) is 6.07 Å². The number of nitrogens with zero attached hydrogens (tertiary/aromatic N) is 1. The van der Waals surface area contributed by atoms with Crippen LogP contribution in [0.2, 0.25) is 0 Å². The summed E-state index contributed by atoms with van der Waals surface area (Å²) in [6.45, 7) is 6.17. The van der Waals surface area contributed by atoms with Crippen molar-refractivity contribution < 1.29 is 13.2 Å². The lowest BCUT2D eigenvalue weighted by Gasteiger charge is -2.33. The molecule has 1 N–H and O–H groups in total. The molecule has 0 aliphatic carbocycles. The number of alkyl halides is 3. The van der Waals surface area contributed by atoms with E-state index in [4.69, 9.17) is 0 Å². The third-order valence-corrected chi connectivity index (χ3v) is 4.21. The molecular formula is C16H23F3N2. The van der Waals surface area contributed by atoms with Gasteiger partial charge in [0, 0.05) is 23.8 Å². The summed E-state index contributed by atoms with van der Waals surface area (Å²) in [4.78, 5) is 2.14. The average molecular weight is 300 g/mol. The van der Waals surface area contributed by atoms with Crippen LogP contribution >= 0.6 is 0 Å². The first kappa shape index (κ1) is 16.1. The van der Waals surface area contributed by atoms with Crippen LogP contribution in [0.1, 0.15) is 38.3 Å². The Hall–Kier alpha value is -1.23. The molecule has 0 fully saturated rings. The number of anilines is 1. The summed E-state index contributed by atoms with van der Waals surface area (Å²) in [6.07, 6.45) is -2.55. The quantitative estimate of drug-likeness (QED) is 0.909. The maximum Gasteiger partial charge on any atom is 0.416 e. The SMILES string of the molecule is CNC(C)CC1Cc2ccc(C(F)(F)F)cc2N1C(C)C. The van der Waals surface area contributed by atoms with Crippen LogP contribution in [0, 0.1) is 0 Å². The Kier molecular flexibility index (Phi) is 4.51. The lowest BCUT2D eigenvalue weighted by molar-refractivity contribution is -0.137. The van der Waals surface area contributed by atoms with E-state index in [1.54, 1.807) is 6.07 Å². The van der Waals surface area contributed by atoms with E-state index >= 15 is 0 Å². The van der Waals surface area contributed by atoms with Gasteiger partial charge >= 0.3 is 6.18 Å². The molecule has 2 rings (SSSR count). The molecular weight excluding hydrogens is 277 g/mol. The number of rotatable bonds is 4. The largest absolute Gasteiger partial charge is 0.416 e. The highest BCUT2D eigenvalue weighted by atomic mass is 19.4. The molecule has 0 amide bonds. The van der Waals surface area contributed by atoms with Crippen LogP contribution in [0.4, 0.5) is 18.9 Å². The Labute approximate surface area is 124 Å². The van der Waals surface area contributed by atoms with Gasteiger partial charge < -0.3 is 10.2 Å². The van der Waals surface area contributed by atoms with Crippen LogP contribution in [0.5, 0.6) is 0 Å². The van der Waals surface area contributed by atoms with Gasteiger partial charge in [0.2, 0.25) is 0 Å². The molecule has 1 aliphatic heterocycles. The van der Waals surface area contributed by atoms with Crippen LogP contribution < -0.4 is 10.2 Å². The van der Waals surface area contributed by atoms with E-state index < -0.39 is 11.7 Å². The molecule has 0 bridgehead atoms. The summed E-state index contributed by atoms with van der Waals surface area (Å²) in [5, 5.41) is 3.21. The minimum absolute atomic E-state index is 0.184. The van der Waals surface area contributed by atoms with Crippen molar-refractivity contribution in [2.24, 2.45) is 0 Å². The summed E-state index contributed by atoms with van der Waals surface area (Å²) >= 11 is 0. The number of halogens is 3. The highest BCUT2D eigenvalue weighted by Crippen LogP contribution is 2.40. The van der Waals surface area contributed by atoms with Crippen molar-refractivity contribution in [3.63, 3.8) is 0 Å². The lowest BCUT2D eigenvalue weighted by Crippen LogP contribution is -2.41. The molecule has 0 radical (unpaired) electrons. The first-order chi connectivity index (χ1) is 9.74. The van der Waals surface area contributed by atoms with Crippen LogP contribution in [0.25, 0.3) is 0 Å². The minimum Gasteiger partial charge on any atom is -0.365 e. The first-order valence-corrected chi connectivity index (χ1v) is 7.39. The maximum absolute atomic E-state index is 12.9. The van der Waals surface area contributed by atoms with Crippen molar-refractivity contribution in [2.45, 2.75) is 57.9 Å². The second-order valence-corrected chi connectivity index (χ2v) is 6.13. The van der Waals surface area contributed by atoms with Gasteiger partial charge in [-0.2, -0.15) is 13.2 Å². The Bertz CT molecular complexity index is 497. The summed E-state index contributed by atoms with van der Waals surface area (Å²) in [5.74, 6) is 0. The molecule has 5 heteroatoms. The molecule has 1 aromatic carbocycles. The zero-order chi connectivity index (χ0) is 15.8. The standard InChI is InChI=1S/C16H23F3N2/c1-10(2)21-14(7-11(3)20-4)8-12-5-6-13(9-15(12)21)16(17,18)19/h5-6,9-11,14,20H,7-8H2,1-4H3. The fourth-order valence-corrected chi connectivity index (χ4v) is 3.12. The Balaban J connectivity index is 2.34. The number of benzene rings is 1. The van der Waals surface area contributed by atoms with Crippen molar-refractivity contribution >= 4 is 5.69 Å². The summed E-state index contributed by atoms with van der Waals surface area (Å²) in [5.41, 5.74) is 1.20. The molecule has 0 saturated carbocycles. The van der Waals surface area contributed by atoms with E-state index in [1.807, 2.05) is 20.9 Å². The van der Waals surface area contributed by atoms with Crippen molar-refractivity contribution in [2.75, 3.05) is 11.9 Å². The molecule has 2 atom stereocenters. The normalized spacial score (nSPS) is 20.0. The minimum atomic E-state index is -4.28. The topological polar surface area (TPSA) is 15.3 Å². The fraction of sp³-hybridized carbons (Fsp3) is 0.625. The van der Waals surface area contributed by atoms with Crippen molar-refractivity contribution in [3.8, 4) is 0 Å². The zero-order valence-corrected chi connectivity index (χ0v) is 13.0. The average Bonchev–Trinajstić information content (AvgIpc) is 2.74. The van der Waals surface area contributed by atoms with Gasteiger partial charge in [-0.15, -0.1) is 0 Å². The summed E-state index contributed by atoms with van der Waals surface area (Å²) < 4.78 is 38.8. The molecule has 2 nitrogen and oxygen atoms in total. The van der Waals surface area contributed by atoms with Crippen LogP contribution in [-0.2, 0) is 12.6 Å². The molecule has 21 heavy (non-hydrogen) atoms. The number of nitrogens with one attached hydrogen (secondary N) is 1. The fourth-order valence-electron chi connectivity index (χ4n) is 3.12. The van der Waals surface area contributed by atoms with Crippen molar-refractivity contribution in [3.05, 3.63) is 29.3 Å². The highest BCUT2D eigenvalue weighted by molar-refractivity contribution is 5.62. The Morgan fingerprint density at radius 3 is 2.48 bits per heavy atom. The van der Waals surface area contributed by atoms with Crippen LogP contribution in [0.3, 0.4) is 0 Å². The molecule has 118 valence electrons. The van der Waals surface area contributed by atoms with Crippen LogP contribution in [0.15, 0.2) is 18.2 Å². The van der Waals surface area contributed by atoms with Gasteiger partial charge in [-0.3, -0.25) is 0 Å². The molecule has 1 aromatic rings. The van der Waals surface area contributed by atoms with Gasteiger partial charge in [-0.05, 0) is 58.4 Å². The first-order valence-electron chi connectivity index (χ1n) is 7.39. The molecule has 1 heterocycles. The number of hydrogen-bond acceptors (Lipinski definition) is 2. The predicted molar refractivity (Wildman–Crippen MR) is 79.7 cm³/mol. The molecule has 0 saturated heterocycles. The van der Waals surface area contributed by atoms with Gasteiger partial charge in [-0.25, -0.2) is 0 Å². The lowest BCUT2D eigenvalue weighted by atomic mass is 10.0. The van der Waals surface area contributed by atoms with Gasteiger partial charge in [0.05, 0.1) is 5.56 Å². The second-order valence-electron chi connectivity index (χ2n) is 6.13. The maximum atomic E-state index is 12.9. The number of fused-ring (bicyclic) bond motifs is 1. The Morgan fingerprint density at radius 2 is 1.95 bits per heavy atom. The highest BCUT2D eigenvalue weighted by Gasteiger charge is 2.36. The molecule has 2 unspecified atom stereocenters. The van der Waals surface area contributed by atoms with Gasteiger partial charge in [0.15, 0.2) is 0 Å². The van der Waals surface area contributed by atoms with E-state index in [2.05, 4.69) is 17.1 Å². The molecule has 1 aliphatic rings. The van der Waals surface area contributed by atoms with E-state index in [0.29, 0.717) is 6.04 Å². The van der Waals surface area contributed by atoms with Gasteiger partial charge in [0.25, 0.3) is 0 Å². The third-order valence-electron chi connectivity index (χ3n) is 4.21. The van der Waals surface area contributed by atoms with Crippen LogP contribution in [-0.4, -0.2) is 25.2 Å². The molecule has 0 aromatic heterocycles. The van der Waals surface area contributed by atoms with Gasteiger partial charge in [0.1, 0.15) is 0 Å². The number of hydrogen-bond donors (Lipinski definition) is 1. The van der Waals surface area contributed by atoms with Crippen molar-refractivity contribution in [1.82, 2.24) is 5.32 Å². The summed E-state index contributed by atoms with van der Waals surface area (Å²) in [6, 6.07) is 4.92. The predicted octanol–water partition coefficient (Wildman–Crippen LogP) is 3.84. The third kappa shape index (κ3) is 3.34. The van der Waals surface area contributed by atoms with E-state index in [-0.39, 0.29) is 12.1 Å². The Morgan fingerprint density at radius 1 is 1.29 bits per heavy atom. The monoisotopic (exact) mass is 300 g/mol. The van der Waals surface area contributed by atoms with E-state index in [1.165, 1.54) is 12.1 Å².